The number of anilines is 1. The molecule has 1 aliphatic carbocycles. The maximum Gasteiger partial charge on any atom is 0.287 e. The summed E-state index contributed by atoms with van der Waals surface area (Å²) in [5.74, 6) is 0.694. The number of nitro groups is 1. The Labute approximate surface area is 116 Å². The van der Waals surface area contributed by atoms with Gasteiger partial charge in [-0.3, -0.25) is 10.1 Å². The third kappa shape index (κ3) is 2.61. The third-order valence-electron chi connectivity index (χ3n) is 3.66. The van der Waals surface area contributed by atoms with Crippen molar-refractivity contribution in [3.8, 4) is 0 Å². The minimum Gasteiger partial charge on any atom is -0.367 e. The molecule has 0 radical (unpaired) electrons. The lowest BCUT2D eigenvalue weighted by Gasteiger charge is -2.25. The molecular weight excluding hydrogens is 254 g/mol. The highest BCUT2D eigenvalue weighted by atomic mass is 16.6. The average Bonchev–Trinajstić information content (AvgIpc) is 2.48. The van der Waals surface area contributed by atoms with Gasteiger partial charge in [-0.15, -0.1) is 0 Å². The SMILES string of the molecule is O=[N+]([O-])c1ccc(NC2CCc3ccccc3C2)nc1. The molecule has 0 spiro atoms. The quantitative estimate of drug-likeness (QED) is 0.687. The van der Waals surface area contributed by atoms with Gasteiger partial charge in [0, 0.05) is 12.1 Å². The maximum atomic E-state index is 10.6. The van der Waals surface area contributed by atoms with Gasteiger partial charge in [0.15, 0.2) is 0 Å². The lowest BCUT2D eigenvalue weighted by atomic mass is 9.88. The van der Waals surface area contributed by atoms with Gasteiger partial charge < -0.3 is 5.32 Å². The smallest absolute Gasteiger partial charge is 0.287 e. The Morgan fingerprint density at radius 1 is 1.20 bits per heavy atom. The minimum absolute atomic E-state index is 0.0181. The molecule has 1 N–H and O–H groups in total. The van der Waals surface area contributed by atoms with E-state index in [0.29, 0.717) is 11.9 Å². The predicted molar refractivity (Wildman–Crippen MR) is 76.8 cm³/mol. The van der Waals surface area contributed by atoms with Crippen LogP contribution in [0.25, 0.3) is 0 Å². The molecule has 0 aliphatic heterocycles. The molecule has 0 saturated heterocycles. The number of hydrogen-bond acceptors (Lipinski definition) is 4. The van der Waals surface area contributed by atoms with Crippen LogP contribution in [0.2, 0.25) is 0 Å². The molecule has 0 amide bonds. The fourth-order valence-corrected chi connectivity index (χ4v) is 2.61. The molecule has 1 aliphatic rings. The number of benzene rings is 1. The summed E-state index contributed by atoms with van der Waals surface area (Å²) in [7, 11) is 0. The summed E-state index contributed by atoms with van der Waals surface area (Å²) in [6, 6.07) is 11.9. The second-order valence-electron chi connectivity index (χ2n) is 5.01. The minimum atomic E-state index is -0.437. The Bertz CT molecular complexity index is 625. The molecule has 20 heavy (non-hydrogen) atoms. The van der Waals surface area contributed by atoms with Crippen molar-refractivity contribution >= 4 is 11.5 Å². The van der Waals surface area contributed by atoms with Crippen molar-refractivity contribution in [2.45, 2.75) is 25.3 Å². The molecule has 0 bridgehead atoms. The van der Waals surface area contributed by atoms with Gasteiger partial charge >= 0.3 is 0 Å². The fourth-order valence-electron chi connectivity index (χ4n) is 2.61. The summed E-state index contributed by atoms with van der Waals surface area (Å²) in [6.45, 7) is 0. The van der Waals surface area contributed by atoms with Gasteiger partial charge in [-0.1, -0.05) is 24.3 Å². The van der Waals surface area contributed by atoms with Crippen LogP contribution >= 0.6 is 0 Å². The van der Waals surface area contributed by atoms with Gasteiger partial charge in [0.2, 0.25) is 0 Å². The lowest BCUT2D eigenvalue weighted by Crippen LogP contribution is -2.27. The van der Waals surface area contributed by atoms with E-state index in [9.17, 15) is 10.1 Å². The molecule has 5 nitrogen and oxygen atoms in total. The van der Waals surface area contributed by atoms with E-state index in [1.165, 1.54) is 23.4 Å². The fraction of sp³-hybridized carbons (Fsp3) is 0.267. The van der Waals surface area contributed by atoms with Crippen LogP contribution in [0.15, 0.2) is 42.6 Å². The van der Waals surface area contributed by atoms with Crippen molar-refractivity contribution in [3.05, 3.63) is 63.8 Å². The van der Waals surface area contributed by atoms with E-state index in [1.807, 2.05) is 0 Å². The van der Waals surface area contributed by atoms with Gasteiger partial charge in [-0.2, -0.15) is 0 Å². The number of nitrogens with one attached hydrogen (secondary N) is 1. The molecule has 3 rings (SSSR count). The molecule has 5 heteroatoms. The third-order valence-corrected chi connectivity index (χ3v) is 3.66. The van der Waals surface area contributed by atoms with Gasteiger partial charge in [0.1, 0.15) is 12.0 Å². The van der Waals surface area contributed by atoms with Crippen molar-refractivity contribution in [1.82, 2.24) is 4.98 Å². The summed E-state index contributed by atoms with van der Waals surface area (Å²) >= 11 is 0. The number of hydrogen-bond donors (Lipinski definition) is 1. The number of nitrogens with zero attached hydrogens (tertiary/aromatic N) is 2. The van der Waals surface area contributed by atoms with E-state index in [4.69, 9.17) is 0 Å². The lowest BCUT2D eigenvalue weighted by molar-refractivity contribution is -0.385. The first-order valence-electron chi connectivity index (χ1n) is 6.66. The van der Waals surface area contributed by atoms with E-state index in [0.717, 1.165) is 19.3 Å². The molecule has 102 valence electrons. The zero-order valence-electron chi connectivity index (χ0n) is 11.0. The van der Waals surface area contributed by atoms with Crippen LogP contribution in [-0.2, 0) is 12.8 Å². The highest BCUT2D eigenvalue weighted by Gasteiger charge is 2.18. The van der Waals surface area contributed by atoms with E-state index >= 15 is 0 Å². The van der Waals surface area contributed by atoms with Crippen LogP contribution in [0, 0.1) is 10.1 Å². The van der Waals surface area contributed by atoms with Crippen LogP contribution in [0.1, 0.15) is 17.5 Å². The van der Waals surface area contributed by atoms with Crippen molar-refractivity contribution in [2.24, 2.45) is 0 Å². The highest BCUT2D eigenvalue weighted by molar-refractivity contribution is 5.42. The molecule has 1 atom stereocenters. The first-order valence-corrected chi connectivity index (χ1v) is 6.66. The van der Waals surface area contributed by atoms with Crippen molar-refractivity contribution in [2.75, 3.05) is 5.32 Å². The Hall–Kier alpha value is -2.43. The molecule has 0 saturated carbocycles. The van der Waals surface area contributed by atoms with Crippen LogP contribution < -0.4 is 5.32 Å². The second-order valence-corrected chi connectivity index (χ2v) is 5.01. The summed E-state index contributed by atoms with van der Waals surface area (Å²) in [4.78, 5) is 14.2. The van der Waals surface area contributed by atoms with E-state index in [-0.39, 0.29) is 5.69 Å². The molecule has 1 unspecified atom stereocenters. The first-order chi connectivity index (χ1) is 9.72. The van der Waals surface area contributed by atoms with Gasteiger partial charge in [0.25, 0.3) is 5.69 Å². The monoisotopic (exact) mass is 269 g/mol. The normalized spacial score (nSPS) is 17.3. The highest BCUT2D eigenvalue weighted by Crippen LogP contribution is 2.23. The van der Waals surface area contributed by atoms with Crippen molar-refractivity contribution < 1.29 is 4.92 Å². The first kappa shape index (κ1) is 12.6. The molecule has 1 aromatic carbocycles. The number of aryl methyl sites for hydroxylation is 1. The second kappa shape index (κ2) is 5.28. The molecule has 0 fully saturated rings. The molecular formula is C15H15N3O2. The Morgan fingerprint density at radius 2 is 2.00 bits per heavy atom. The van der Waals surface area contributed by atoms with E-state index < -0.39 is 4.92 Å². The zero-order chi connectivity index (χ0) is 13.9. The van der Waals surface area contributed by atoms with Crippen LogP contribution in [0.4, 0.5) is 11.5 Å². The predicted octanol–water partition coefficient (Wildman–Crippen LogP) is 2.96. The van der Waals surface area contributed by atoms with Crippen LogP contribution in [-0.4, -0.2) is 15.9 Å². The number of fused-ring (bicyclic) bond motifs is 1. The number of rotatable bonds is 3. The number of aromatic nitrogens is 1. The van der Waals surface area contributed by atoms with Crippen molar-refractivity contribution in [1.29, 1.82) is 0 Å². The topological polar surface area (TPSA) is 68.1 Å². The Morgan fingerprint density at radius 3 is 2.70 bits per heavy atom. The van der Waals surface area contributed by atoms with E-state index in [1.54, 1.807) is 6.07 Å². The average molecular weight is 269 g/mol. The standard InChI is InChI=1S/C15H15N3O2/c19-18(20)14-7-8-15(16-10-14)17-13-6-5-11-3-1-2-4-12(11)9-13/h1-4,7-8,10,13H,5-6,9H2,(H,16,17). The number of pyridine rings is 1. The Balaban J connectivity index is 1.69. The Kier molecular flexibility index (Phi) is 3.33. The van der Waals surface area contributed by atoms with Crippen LogP contribution in [0.5, 0.6) is 0 Å². The summed E-state index contributed by atoms with van der Waals surface area (Å²) in [5, 5.41) is 13.9. The van der Waals surface area contributed by atoms with Gasteiger partial charge in [-0.25, -0.2) is 4.98 Å². The summed E-state index contributed by atoms with van der Waals surface area (Å²) in [5.41, 5.74) is 2.81. The largest absolute Gasteiger partial charge is 0.367 e. The van der Waals surface area contributed by atoms with Crippen LogP contribution in [0.3, 0.4) is 0 Å². The molecule has 1 heterocycles. The van der Waals surface area contributed by atoms with Gasteiger partial charge in [-0.05, 0) is 36.5 Å². The van der Waals surface area contributed by atoms with Gasteiger partial charge in [0.05, 0.1) is 4.92 Å². The molecule has 2 aromatic rings. The van der Waals surface area contributed by atoms with Crippen molar-refractivity contribution in [3.63, 3.8) is 0 Å². The summed E-state index contributed by atoms with van der Waals surface area (Å²) < 4.78 is 0. The summed E-state index contributed by atoms with van der Waals surface area (Å²) in [6.07, 6.45) is 4.37. The van der Waals surface area contributed by atoms with E-state index in [2.05, 4.69) is 34.6 Å². The maximum absolute atomic E-state index is 10.6. The molecule has 1 aromatic heterocycles. The zero-order valence-corrected chi connectivity index (χ0v) is 11.0.